The van der Waals surface area contributed by atoms with Crippen LogP contribution in [0.3, 0.4) is 0 Å². The third-order valence-corrected chi connectivity index (χ3v) is 3.89. The van der Waals surface area contributed by atoms with Crippen LogP contribution in [0.4, 0.5) is 11.4 Å². The van der Waals surface area contributed by atoms with E-state index in [1.165, 1.54) is 12.1 Å². The van der Waals surface area contributed by atoms with Crippen LogP contribution in [0.1, 0.15) is 36.5 Å². The van der Waals surface area contributed by atoms with Gasteiger partial charge < -0.3 is 15.3 Å². The van der Waals surface area contributed by atoms with E-state index >= 15 is 0 Å². The minimum atomic E-state index is -1.14. The second-order valence-electron chi connectivity index (χ2n) is 5.43. The Balaban J connectivity index is 2.26. The van der Waals surface area contributed by atoms with Crippen LogP contribution in [0.25, 0.3) is 0 Å². The summed E-state index contributed by atoms with van der Waals surface area (Å²) in [4.78, 5) is 35.8. The SMILES string of the molecule is CCC(NC(=O)c1ccc(N2CCCC2)c([N+](=O)[O-])c1)C(=O)O. The normalized spacial score (nSPS) is 15.3. The van der Waals surface area contributed by atoms with Crippen molar-refractivity contribution >= 4 is 23.3 Å². The molecule has 8 heteroatoms. The van der Waals surface area contributed by atoms with E-state index in [9.17, 15) is 19.7 Å². The highest BCUT2D eigenvalue weighted by molar-refractivity contribution is 5.97. The number of carbonyl (C=O) groups excluding carboxylic acids is 1. The van der Waals surface area contributed by atoms with Gasteiger partial charge in [-0.15, -0.1) is 0 Å². The van der Waals surface area contributed by atoms with Gasteiger partial charge in [-0.25, -0.2) is 4.79 Å². The number of benzene rings is 1. The first-order valence-electron chi connectivity index (χ1n) is 7.51. The van der Waals surface area contributed by atoms with Gasteiger partial charge in [0.25, 0.3) is 11.6 Å². The van der Waals surface area contributed by atoms with Crippen LogP contribution in [-0.2, 0) is 4.79 Å². The van der Waals surface area contributed by atoms with Crippen LogP contribution in [-0.4, -0.2) is 41.0 Å². The lowest BCUT2D eigenvalue weighted by Gasteiger charge is -2.18. The molecule has 0 saturated carbocycles. The number of nitrogens with zero attached hydrogens (tertiary/aromatic N) is 2. The Morgan fingerprint density at radius 2 is 2.04 bits per heavy atom. The van der Waals surface area contributed by atoms with Gasteiger partial charge >= 0.3 is 5.97 Å². The molecule has 23 heavy (non-hydrogen) atoms. The molecule has 1 fully saturated rings. The van der Waals surface area contributed by atoms with Crippen LogP contribution < -0.4 is 10.2 Å². The van der Waals surface area contributed by atoms with Gasteiger partial charge in [-0.1, -0.05) is 6.92 Å². The maximum atomic E-state index is 12.1. The third-order valence-electron chi connectivity index (χ3n) is 3.89. The number of hydrogen-bond acceptors (Lipinski definition) is 5. The molecule has 0 spiro atoms. The number of nitro benzene ring substituents is 1. The van der Waals surface area contributed by atoms with Crippen molar-refractivity contribution in [1.29, 1.82) is 0 Å². The minimum absolute atomic E-state index is 0.0827. The molecule has 2 rings (SSSR count). The van der Waals surface area contributed by atoms with Gasteiger partial charge in [0.15, 0.2) is 0 Å². The van der Waals surface area contributed by atoms with E-state index in [1.807, 2.05) is 4.90 Å². The summed E-state index contributed by atoms with van der Waals surface area (Å²) in [5.74, 6) is -1.76. The van der Waals surface area contributed by atoms with Crippen LogP contribution in [0.2, 0.25) is 0 Å². The molecular weight excluding hydrogens is 302 g/mol. The van der Waals surface area contributed by atoms with E-state index in [1.54, 1.807) is 13.0 Å². The molecule has 0 bridgehead atoms. The Bertz CT molecular complexity index is 626. The highest BCUT2D eigenvalue weighted by Crippen LogP contribution is 2.31. The Kier molecular flexibility index (Phi) is 5.15. The number of carbonyl (C=O) groups is 2. The van der Waals surface area contributed by atoms with Crippen LogP contribution >= 0.6 is 0 Å². The van der Waals surface area contributed by atoms with Crippen molar-refractivity contribution in [3.8, 4) is 0 Å². The van der Waals surface area contributed by atoms with Gasteiger partial charge in [-0.05, 0) is 31.4 Å². The zero-order valence-corrected chi connectivity index (χ0v) is 12.8. The quantitative estimate of drug-likeness (QED) is 0.610. The van der Waals surface area contributed by atoms with Crippen molar-refractivity contribution in [2.75, 3.05) is 18.0 Å². The maximum absolute atomic E-state index is 12.1. The molecule has 1 amide bonds. The van der Waals surface area contributed by atoms with E-state index < -0.39 is 22.8 Å². The monoisotopic (exact) mass is 321 g/mol. The zero-order chi connectivity index (χ0) is 17.0. The molecular formula is C15H19N3O5. The van der Waals surface area contributed by atoms with Crippen LogP contribution in [0, 0.1) is 10.1 Å². The summed E-state index contributed by atoms with van der Waals surface area (Å²) < 4.78 is 0. The standard InChI is InChI=1S/C15H19N3O5/c1-2-11(15(20)21)16-14(19)10-5-6-12(13(9-10)18(22)23)17-7-3-4-8-17/h5-6,9,11H,2-4,7-8H2,1H3,(H,16,19)(H,20,21). The highest BCUT2D eigenvalue weighted by atomic mass is 16.6. The van der Waals surface area contributed by atoms with Crippen molar-refractivity contribution in [3.63, 3.8) is 0 Å². The number of nitrogens with one attached hydrogen (secondary N) is 1. The van der Waals surface area contributed by atoms with Gasteiger partial charge in [0.2, 0.25) is 0 Å². The number of hydrogen-bond donors (Lipinski definition) is 2. The second-order valence-corrected chi connectivity index (χ2v) is 5.43. The molecule has 0 aliphatic carbocycles. The molecule has 1 saturated heterocycles. The van der Waals surface area contributed by atoms with Crippen LogP contribution in [0.5, 0.6) is 0 Å². The number of carboxylic acid groups (broad SMARTS) is 1. The molecule has 1 aromatic carbocycles. The molecule has 8 nitrogen and oxygen atoms in total. The smallest absolute Gasteiger partial charge is 0.326 e. The fraction of sp³-hybridized carbons (Fsp3) is 0.467. The lowest BCUT2D eigenvalue weighted by atomic mass is 10.1. The molecule has 1 aliphatic heterocycles. The molecule has 124 valence electrons. The number of nitro groups is 1. The molecule has 1 atom stereocenters. The third kappa shape index (κ3) is 3.77. The Morgan fingerprint density at radius 3 is 2.57 bits per heavy atom. The average molecular weight is 321 g/mol. The molecule has 0 radical (unpaired) electrons. The molecule has 1 heterocycles. The van der Waals surface area contributed by atoms with Crippen molar-refractivity contribution < 1.29 is 19.6 Å². The van der Waals surface area contributed by atoms with Crippen molar-refractivity contribution in [2.24, 2.45) is 0 Å². The Labute approximate surface area is 133 Å². The molecule has 1 aromatic rings. The largest absolute Gasteiger partial charge is 0.480 e. The lowest BCUT2D eigenvalue weighted by molar-refractivity contribution is -0.384. The van der Waals surface area contributed by atoms with Gasteiger partial charge in [-0.2, -0.15) is 0 Å². The van der Waals surface area contributed by atoms with E-state index in [4.69, 9.17) is 5.11 Å². The first kappa shape index (κ1) is 16.7. The number of rotatable bonds is 6. The predicted molar refractivity (Wildman–Crippen MR) is 83.7 cm³/mol. The molecule has 2 N–H and O–H groups in total. The summed E-state index contributed by atoms with van der Waals surface area (Å²) in [6.45, 7) is 3.14. The second kappa shape index (κ2) is 7.08. The van der Waals surface area contributed by atoms with E-state index in [-0.39, 0.29) is 17.7 Å². The van der Waals surface area contributed by atoms with Gasteiger partial charge in [0.1, 0.15) is 11.7 Å². The van der Waals surface area contributed by atoms with Gasteiger partial charge in [0, 0.05) is 24.7 Å². The summed E-state index contributed by atoms with van der Waals surface area (Å²) >= 11 is 0. The topological polar surface area (TPSA) is 113 Å². The predicted octanol–water partition coefficient (Wildman–Crippen LogP) is 1.79. The summed E-state index contributed by atoms with van der Waals surface area (Å²) in [6, 6.07) is 3.24. The van der Waals surface area contributed by atoms with Gasteiger partial charge in [0.05, 0.1) is 4.92 Å². The van der Waals surface area contributed by atoms with Crippen molar-refractivity contribution in [1.82, 2.24) is 5.32 Å². The lowest BCUT2D eigenvalue weighted by Crippen LogP contribution is -2.40. The number of anilines is 1. The van der Waals surface area contributed by atoms with E-state index in [0.29, 0.717) is 5.69 Å². The maximum Gasteiger partial charge on any atom is 0.326 e. The Hall–Kier alpha value is -2.64. The van der Waals surface area contributed by atoms with Crippen molar-refractivity contribution in [3.05, 3.63) is 33.9 Å². The summed E-state index contributed by atoms with van der Waals surface area (Å²) in [7, 11) is 0. The van der Waals surface area contributed by atoms with Crippen LogP contribution in [0.15, 0.2) is 18.2 Å². The first-order valence-corrected chi connectivity index (χ1v) is 7.51. The zero-order valence-electron chi connectivity index (χ0n) is 12.8. The number of amides is 1. The first-order chi connectivity index (χ1) is 10.9. The summed E-state index contributed by atoms with van der Waals surface area (Å²) in [5.41, 5.74) is 0.441. The number of aliphatic carboxylic acids is 1. The average Bonchev–Trinajstić information content (AvgIpc) is 3.05. The Morgan fingerprint density at radius 1 is 1.39 bits per heavy atom. The highest BCUT2D eigenvalue weighted by Gasteiger charge is 2.25. The molecule has 0 aromatic heterocycles. The molecule has 1 unspecified atom stereocenters. The van der Waals surface area contributed by atoms with Gasteiger partial charge in [-0.3, -0.25) is 14.9 Å². The van der Waals surface area contributed by atoms with E-state index in [2.05, 4.69) is 5.32 Å². The molecule has 1 aliphatic rings. The fourth-order valence-electron chi connectivity index (χ4n) is 2.62. The summed E-state index contributed by atoms with van der Waals surface area (Å²) in [5, 5.41) is 22.6. The number of carboxylic acids is 1. The van der Waals surface area contributed by atoms with E-state index in [0.717, 1.165) is 25.9 Å². The van der Waals surface area contributed by atoms with Crippen molar-refractivity contribution in [2.45, 2.75) is 32.2 Å². The fourth-order valence-corrected chi connectivity index (χ4v) is 2.62. The summed E-state index contributed by atoms with van der Waals surface area (Å²) in [6.07, 6.45) is 2.20. The minimum Gasteiger partial charge on any atom is -0.480 e.